The number of aromatic nitrogens is 3. The van der Waals surface area contributed by atoms with Gasteiger partial charge in [-0.25, -0.2) is 0 Å². The standard InChI is InChI=1S/C56H49N3/c1-4-57-51-20-12-9-17-45(51)48-36-39(27-30-54(48)57)15-7-8-16-42-33-43(25-23-40-28-31-55-49(37-40)46-18-10-13-21-52(46)58(55)5-2)35-44(34-42)26-24-41-29-32-56-50(38-41)47-19-11-14-22-53(47)59(56)6-3/h7,9-15,17-38H,4-6,8,16H2,1-3H3. The lowest BCUT2D eigenvalue weighted by Crippen LogP contribution is -1.92. The molecule has 3 heterocycles. The third-order valence-corrected chi connectivity index (χ3v) is 12.2. The number of rotatable bonds is 11. The Morgan fingerprint density at radius 2 is 0.695 bits per heavy atom. The highest BCUT2D eigenvalue weighted by Gasteiger charge is 2.12. The van der Waals surface area contributed by atoms with Crippen LogP contribution in [0.25, 0.3) is 95.8 Å². The summed E-state index contributed by atoms with van der Waals surface area (Å²) in [7, 11) is 0. The van der Waals surface area contributed by atoms with Crippen LogP contribution in [0.5, 0.6) is 0 Å². The van der Waals surface area contributed by atoms with Crippen LogP contribution in [0, 0.1) is 0 Å². The molecule has 0 aliphatic rings. The van der Waals surface area contributed by atoms with E-state index >= 15 is 0 Å². The SMILES string of the molecule is CCn1c2ccccc2c2cc(C=CCCc3cc(C=Cc4ccc5c(c4)c4ccccc4n5CC)cc(C=Cc4ccc5c(c4)c4ccccc4n5CC)c3)ccc21. The first-order valence-electron chi connectivity index (χ1n) is 21.3. The molecule has 10 aromatic rings. The van der Waals surface area contributed by atoms with Gasteiger partial charge in [-0.15, -0.1) is 0 Å². The maximum Gasteiger partial charge on any atom is 0.0491 e. The van der Waals surface area contributed by atoms with Crippen molar-refractivity contribution in [2.75, 3.05) is 0 Å². The number of allylic oxidation sites excluding steroid dienone is 1. The highest BCUT2D eigenvalue weighted by atomic mass is 15.0. The van der Waals surface area contributed by atoms with Gasteiger partial charge in [-0.1, -0.05) is 121 Å². The van der Waals surface area contributed by atoms with E-state index < -0.39 is 0 Å². The van der Waals surface area contributed by atoms with Crippen molar-refractivity contribution in [2.24, 2.45) is 0 Å². The second kappa shape index (κ2) is 15.5. The van der Waals surface area contributed by atoms with Crippen LogP contribution in [-0.2, 0) is 26.1 Å². The van der Waals surface area contributed by atoms with Gasteiger partial charge < -0.3 is 13.7 Å². The number of fused-ring (bicyclic) bond motifs is 9. The number of para-hydroxylation sites is 3. The van der Waals surface area contributed by atoms with Crippen LogP contribution in [0.1, 0.15) is 60.6 Å². The van der Waals surface area contributed by atoms with E-state index in [1.165, 1.54) is 98.8 Å². The van der Waals surface area contributed by atoms with Gasteiger partial charge in [0.2, 0.25) is 0 Å². The lowest BCUT2D eigenvalue weighted by molar-refractivity contribution is 0.827. The molecule has 0 atom stereocenters. The Kier molecular flexibility index (Phi) is 9.58. The molecule has 0 spiro atoms. The van der Waals surface area contributed by atoms with Crippen LogP contribution in [0.2, 0.25) is 0 Å². The van der Waals surface area contributed by atoms with Gasteiger partial charge in [0.1, 0.15) is 0 Å². The zero-order chi connectivity index (χ0) is 39.9. The second-order valence-corrected chi connectivity index (χ2v) is 15.7. The minimum absolute atomic E-state index is 0.951. The maximum absolute atomic E-state index is 2.41. The van der Waals surface area contributed by atoms with Gasteiger partial charge >= 0.3 is 0 Å². The Hall–Kier alpha value is -6.84. The maximum atomic E-state index is 2.41. The van der Waals surface area contributed by atoms with E-state index in [-0.39, 0.29) is 0 Å². The lowest BCUT2D eigenvalue weighted by Gasteiger charge is -2.06. The third-order valence-electron chi connectivity index (χ3n) is 12.2. The Balaban J connectivity index is 0.960. The molecule has 3 aromatic heterocycles. The van der Waals surface area contributed by atoms with Crippen molar-refractivity contribution in [2.45, 2.75) is 53.2 Å². The van der Waals surface area contributed by atoms with Crippen molar-refractivity contribution in [3.05, 3.63) is 185 Å². The number of benzene rings is 7. The summed E-state index contributed by atoms with van der Waals surface area (Å²) in [4.78, 5) is 0. The fourth-order valence-electron chi connectivity index (χ4n) is 9.48. The predicted molar refractivity (Wildman–Crippen MR) is 257 cm³/mol. The molecule has 0 radical (unpaired) electrons. The first-order chi connectivity index (χ1) is 29.1. The molecule has 0 unspecified atom stereocenters. The summed E-state index contributed by atoms with van der Waals surface area (Å²) >= 11 is 0. The van der Waals surface area contributed by atoms with Crippen molar-refractivity contribution in [1.29, 1.82) is 0 Å². The molecule has 0 saturated heterocycles. The summed E-state index contributed by atoms with van der Waals surface area (Å²) in [6.45, 7) is 9.54. The molecular formula is C56H49N3. The molecular weight excluding hydrogens is 715 g/mol. The summed E-state index contributed by atoms with van der Waals surface area (Å²) in [6.07, 6.45) is 15.7. The van der Waals surface area contributed by atoms with Crippen LogP contribution in [-0.4, -0.2) is 13.7 Å². The normalized spacial score (nSPS) is 12.5. The van der Waals surface area contributed by atoms with Crippen molar-refractivity contribution in [3.8, 4) is 0 Å². The van der Waals surface area contributed by atoms with Gasteiger partial charge in [0.25, 0.3) is 0 Å². The van der Waals surface area contributed by atoms with E-state index in [1.807, 2.05) is 0 Å². The molecule has 0 aliphatic heterocycles. The summed E-state index contributed by atoms with van der Waals surface area (Å²) in [6, 6.07) is 54.0. The van der Waals surface area contributed by atoms with Crippen LogP contribution in [0.3, 0.4) is 0 Å². The molecule has 0 saturated carbocycles. The second-order valence-electron chi connectivity index (χ2n) is 15.7. The Morgan fingerprint density at radius 1 is 0.339 bits per heavy atom. The molecule has 59 heavy (non-hydrogen) atoms. The average Bonchev–Trinajstić information content (AvgIpc) is 3.90. The Morgan fingerprint density at radius 3 is 1.10 bits per heavy atom. The predicted octanol–water partition coefficient (Wildman–Crippen LogP) is 15.1. The Labute approximate surface area is 346 Å². The van der Waals surface area contributed by atoms with Gasteiger partial charge in [-0.3, -0.25) is 0 Å². The number of nitrogens with zero attached hydrogens (tertiary/aromatic N) is 3. The fourth-order valence-corrected chi connectivity index (χ4v) is 9.48. The van der Waals surface area contributed by atoms with Crippen LogP contribution in [0.15, 0.2) is 152 Å². The molecule has 0 N–H and O–H groups in total. The molecule has 0 fully saturated rings. The number of aryl methyl sites for hydroxylation is 4. The highest BCUT2D eigenvalue weighted by molar-refractivity contribution is 6.10. The summed E-state index contributed by atoms with van der Waals surface area (Å²) in [5.41, 5.74) is 15.2. The Bertz CT molecular complexity index is 3130. The zero-order valence-electron chi connectivity index (χ0n) is 34.2. The largest absolute Gasteiger partial charge is 0.341 e. The van der Waals surface area contributed by atoms with E-state index in [2.05, 4.69) is 217 Å². The lowest BCUT2D eigenvalue weighted by atomic mass is 9.99. The highest BCUT2D eigenvalue weighted by Crippen LogP contribution is 2.33. The van der Waals surface area contributed by atoms with Gasteiger partial charge in [0, 0.05) is 85.1 Å². The topological polar surface area (TPSA) is 14.8 Å². The molecule has 3 nitrogen and oxygen atoms in total. The molecule has 0 amide bonds. The quantitative estimate of drug-likeness (QED) is 0.117. The van der Waals surface area contributed by atoms with Gasteiger partial charge in [0.15, 0.2) is 0 Å². The number of hydrogen-bond donors (Lipinski definition) is 0. The van der Waals surface area contributed by atoms with E-state index in [0.717, 1.165) is 32.5 Å². The van der Waals surface area contributed by atoms with Crippen molar-refractivity contribution in [1.82, 2.24) is 13.7 Å². The molecule has 288 valence electrons. The van der Waals surface area contributed by atoms with Gasteiger partial charge in [0.05, 0.1) is 0 Å². The van der Waals surface area contributed by atoms with Crippen molar-refractivity contribution >= 4 is 95.8 Å². The molecule has 7 aromatic carbocycles. The molecule has 10 rings (SSSR count). The number of hydrogen-bond acceptors (Lipinski definition) is 0. The zero-order valence-corrected chi connectivity index (χ0v) is 34.2. The summed E-state index contributed by atoms with van der Waals surface area (Å²) in [5.74, 6) is 0. The van der Waals surface area contributed by atoms with Crippen LogP contribution >= 0.6 is 0 Å². The van der Waals surface area contributed by atoms with E-state index in [9.17, 15) is 0 Å². The third kappa shape index (κ3) is 6.67. The van der Waals surface area contributed by atoms with Gasteiger partial charge in [-0.05, 0) is 128 Å². The monoisotopic (exact) mass is 763 g/mol. The minimum atomic E-state index is 0.951. The van der Waals surface area contributed by atoms with Gasteiger partial charge in [-0.2, -0.15) is 0 Å². The van der Waals surface area contributed by atoms with E-state index in [4.69, 9.17) is 0 Å². The molecule has 0 aliphatic carbocycles. The molecule has 3 heteroatoms. The first-order valence-corrected chi connectivity index (χ1v) is 21.3. The van der Waals surface area contributed by atoms with E-state index in [0.29, 0.717) is 0 Å². The molecule has 0 bridgehead atoms. The summed E-state index contributed by atoms with van der Waals surface area (Å²) in [5, 5.41) is 7.89. The smallest absolute Gasteiger partial charge is 0.0491 e. The fraction of sp³-hybridized carbons (Fsp3) is 0.143. The van der Waals surface area contributed by atoms with Crippen molar-refractivity contribution in [3.63, 3.8) is 0 Å². The minimum Gasteiger partial charge on any atom is -0.341 e. The summed E-state index contributed by atoms with van der Waals surface area (Å²) < 4.78 is 7.24. The van der Waals surface area contributed by atoms with E-state index in [1.54, 1.807) is 0 Å². The van der Waals surface area contributed by atoms with Crippen LogP contribution in [0.4, 0.5) is 0 Å². The first kappa shape index (κ1) is 36.5. The average molecular weight is 764 g/mol. The van der Waals surface area contributed by atoms with Crippen molar-refractivity contribution < 1.29 is 0 Å². The van der Waals surface area contributed by atoms with Crippen LogP contribution < -0.4 is 0 Å².